The summed E-state index contributed by atoms with van der Waals surface area (Å²) in [5, 5.41) is 4.14. The predicted molar refractivity (Wildman–Crippen MR) is 80.9 cm³/mol. The molecule has 0 bridgehead atoms. The number of carbonyl (C=O) groups is 1. The van der Waals surface area contributed by atoms with Crippen LogP contribution in [0.4, 0.5) is 4.79 Å². The Labute approximate surface area is 126 Å². The quantitative estimate of drug-likeness (QED) is 0.853. The van der Waals surface area contributed by atoms with Gasteiger partial charge in [0.2, 0.25) is 0 Å². The number of para-hydroxylation sites is 1. The maximum Gasteiger partial charge on any atom is 0.334 e. The van der Waals surface area contributed by atoms with E-state index in [9.17, 15) is 4.79 Å². The molecule has 0 aliphatic carbocycles. The average molecular weight is 289 g/mol. The molecule has 1 aromatic rings. The van der Waals surface area contributed by atoms with E-state index in [2.05, 4.69) is 5.01 Å². The molecule has 1 aromatic carbocycles. The van der Waals surface area contributed by atoms with E-state index >= 15 is 0 Å². The van der Waals surface area contributed by atoms with Crippen LogP contribution in [0.5, 0.6) is 5.75 Å². The number of hydrazine groups is 1. The standard InChI is InChI=1S/C16H23N3O2/c1-21-15-8-4-3-7-14(15)13-17-11-12-19(16(17)20)18-9-5-2-6-10-18/h3-4,7-8H,2,5-6,9-13H2,1H3. The van der Waals surface area contributed by atoms with Crippen molar-refractivity contribution in [2.75, 3.05) is 33.3 Å². The topological polar surface area (TPSA) is 36.0 Å². The van der Waals surface area contributed by atoms with E-state index in [4.69, 9.17) is 4.74 Å². The zero-order valence-corrected chi connectivity index (χ0v) is 12.6. The van der Waals surface area contributed by atoms with Crippen molar-refractivity contribution in [1.29, 1.82) is 0 Å². The Hall–Kier alpha value is -1.75. The molecule has 0 saturated carbocycles. The van der Waals surface area contributed by atoms with Crippen LogP contribution in [0.2, 0.25) is 0 Å². The van der Waals surface area contributed by atoms with Crippen molar-refractivity contribution in [2.24, 2.45) is 0 Å². The Kier molecular flexibility index (Phi) is 4.29. The molecule has 2 saturated heterocycles. The number of urea groups is 1. The van der Waals surface area contributed by atoms with Gasteiger partial charge in [0, 0.05) is 25.2 Å². The third-order valence-corrected chi connectivity index (χ3v) is 4.30. The summed E-state index contributed by atoms with van der Waals surface area (Å²) in [5.74, 6) is 0.849. The van der Waals surface area contributed by atoms with Crippen molar-refractivity contribution in [3.63, 3.8) is 0 Å². The van der Waals surface area contributed by atoms with Crippen LogP contribution in [0, 0.1) is 0 Å². The second-order valence-corrected chi connectivity index (χ2v) is 5.65. The third kappa shape index (κ3) is 2.97. The first-order valence-electron chi connectivity index (χ1n) is 7.73. The van der Waals surface area contributed by atoms with Gasteiger partial charge in [-0.3, -0.25) is 5.01 Å². The van der Waals surface area contributed by atoms with Crippen LogP contribution in [-0.4, -0.2) is 54.2 Å². The van der Waals surface area contributed by atoms with Gasteiger partial charge < -0.3 is 9.64 Å². The Balaban J connectivity index is 1.66. The lowest BCUT2D eigenvalue weighted by Gasteiger charge is -2.34. The molecule has 2 heterocycles. The van der Waals surface area contributed by atoms with E-state index in [1.165, 1.54) is 19.3 Å². The predicted octanol–water partition coefficient (Wildman–Crippen LogP) is 2.33. The third-order valence-electron chi connectivity index (χ3n) is 4.30. The molecule has 0 radical (unpaired) electrons. The Bertz CT molecular complexity index is 500. The first-order valence-corrected chi connectivity index (χ1v) is 7.73. The first kappa shape index (κ1) is 14.2. The highest BCUT2D eigenvalue weighted by Gasteiger charge is 2.33. The van der Waals surface area contributed by atoms with Gasteiger partial charge in [-0.2, -0.15) is 0 Å². The molecule has 0 aromatic heterocycles. The van der Waals surface area contributed by atoms with E-state index < -0.39 is 0 Å². The minimum Gasteiger partial charge on any atom is -0.496 e. The number of methoxy groups -OCH3 is 1. The van der Waals surface area contributed by atoms with Crippen molar-refractivity contribution in [1.82, 2.24) is 14.9 Å². The number of carbonyl (C=O) groups excluding carboxylic acids is 1. The first-order chi connectivity index (χ1) is 10.3. The fraction of sp³-hybridized carbons (Fsp3) is 0.562. The second-order valence-electron chi connectivity index (χ2n) is 5.65. The average Bonchev–Trinajstić information content (AvgIpc) is 2.90. The molecule has 3 rings (SSSR count). The van der Waals surface area contributed by atoms with Crippen molar-refractivity contribution in [3.05, 3.63) is 29.8 Å². The number of hydrogen-bond donors (Lipinski definition) is 0. The molecule has 0 unspecified atom stereocenters. The Morgan fingerprint density at radius 2 is 1.81 bits per heavy atom. The van der Waals surface area contributed by atoms with E-state index in [-0.39, 0.29) is 6.03 Å². The highest BCUT2D eigenvalue weighted by atomic mass is 16.5. The Morgan fingerprint density at radius 1 is 1.05 bits per heavy atom. The van der Waals surface area contributed by atoms with Crippen molar-refractivity contribution in [2.45, 2.75) is 25.8 Å². The summed E-state index contributed by atoms with van der Waals surface area (Å²) in [6, 6.07) is 8.03. The number of hydrogen-bond acceptors (Lipinski definition) is 3. The summed E-state index contributed by atoms with van der Waals surface area (Å²) in [5.41, 5.74) is 1.06. The van der Waals surface area contributed by atoms with Gasteiger partial charge in [-0.1, -0.05) is 24.6 Å². The molecular weight excluding hydrogens is 266 g/mol. The van der Waals surface area contributed by atoms with E-state index in [1.54, 1.807) is 7.11 Å². The van der Waals surface area contributed by atoms with Gasteiger partial charge in [-0.05, 0) is 18.9 Å². The highest BCUT2D eigenvalue weighted by molar-refractivity contribution is 5.76. The Morgan fingerprint density at radius 3 is 2.57 bits per heavy atom. The lowest BCUT2D eigenvalue weighted by Crippen LogP contribution is -2.47. The van der Waals surface area contributed by atoms with Crippen LogP contribution in [0.25, 0.3) is 0 Å². The fourth-order valence-corrected chi connectivity index (χ4v) is 3.14. The van der Waals surface area contributed by atoms with Crippen LogP contribution >= 0.6 is 0 Å². The van der Waals surface area contributed by atoms with Crippen molar-refractivity contribution < 1.29 is 9.53 Å². The molecule has 0 atom stereocenters. The molecule has 5 nitrogen and oxygen atoms in total. The molecule has 2 aliphatic rings. The lowest BCUT2D eigenvalue weighted by atomic mass is 10.2. The summed E-state index contributed by atoms with van der Waals surface area (Å²) in [6.07, 6.45) is 3.66. The lowest BCUT2D eigenvalue weighted by molar-refractivity contribution is 0.0122. The largest absolute Gasteiger partial charge is 0.496 e. The summed E-state index contributed by atoms with van der Waals surface area (Å²) in [4.78, 5) is 14.5. The normalized spacial score (nSPS) is 20.1. The van der Waals surface area contributed by atoms with Gasteiger partial charge in [0.05, 0.1) is 20.2 Å². The summed E-state index contributed by atoms with van der Waals surface area (Å²) in [6.45, 7) is 4.22. The fourth-order valence-electron chi connectivity index (χ4n) is 3.14. The summed E-state index contributed by atoms with van der Waals surface area (Å²) < 4.78 is 5.37. The molecule has 114 valence electrons. The van der Waals surface area contributed by atoms with Crippen LogP contribution < -0.4 is 4.74 Å². The summed E-state index contributed by atoms with van der Waals surface area (Å²) in [7, 11) is 1.67. The van der Waals surface area contributed by atoms with E-state index in [0.29, 0.717) is 6.54 Å². The van der Waals surface area contributed by atoms with Crippen LogP contribution in [0.15, 0.2) is 24.3 Å². The van der Waals surface area contributed by atoms with Crippen LogP contribution in [0.3, 0.4) is 0 Å². The number of rotatable bonds is 4. The van der Waals surface area contributed by atoms with Gasteiger partial charge in [0.1, 0.15) is 5.75 Å². The second kappa shape index (κ2) is 6.35. The molecular formula is C16H23N3O2. The minimum atomic E-state index is 0.128. The van der Waals surface area contributed by atoms with Gasteiger partial charge >= 0.3 is 6.03 Å². The maximum absolute atomic E-state index is 12.6. The van der Waals surface area contributed by atoms with E-state index in [0.717, 1.165) is 37.5 Å². The van der Waals surface area contributed by atoms with Gasteiger partial charge in [0.25, 0.3) is 0 Å². The molecule has 2 fully saturated rings. The summed E-state index contributed by atoms with van der Waals surface area (Å²) >= 11 is 0. The number of benzene rings is 1. The van der Waals surface area contributed by atoms with Crippen molar-refractivity contribution >= 4 is 6.03 Å². The van der Waals surface area contributed by atoms with Gasteiger partial charge in [-0.15, -0.1) is 0 Å². The molecule has 2 aliphatic heterocycles. The zero-order chi connectivity index (χ0) is 14.7. The number of piperidine rings is 1. The zero-order valence-electron chi connectivity index (χ0n) is 12.6. The molecule has 0 N–H and O–H groups in total. The number of ether oxygens (including phenoxy) is 1. The van der Waals surface area contributed by atoms with Crippen molar-refractivity contribution in [3.8, 4) is 5.75 Å². The SMILES string of the molecule is COc1ccccc1CN1CCN(N2CCCCC2)C1=O. The maximum atomic E-state index is 12.6. The van der Waals surface area contributed by atoms with Crippen LogP contribution in [-0.2, 0) is 6.54 Å². The van der Waals surface area contributed by atoms with E-state index in [1.807, 2.05) is 34.2 Å². The molecule has 2 amide bonds. The molecule has 21 heavy (non-hydrogen) atoms. The van der Waals surface area contributed by atoms with Gasteiger partial charge in [0.15, 0.2) is 0 Å². The highest BCUT2D eigenvalue weighted by Crippen LogP contribution is 2.23. The van der Waals surface area contributed by atoms with Crippen LogP contribution in [0.1, 0.15) is 24.8 Å². The number of amides is 2. The molecule has 0 spiro atoms. The minimum absolute atomic E-state index is 0.128. The smallest absolute Gasteiger partial charge is 0.334 e. The molecule has 5 heteroatoms. The monoisotopic (exact) mass is 289 g/mol. The van der Waals surface area contributed by atoms with Gasteiger partial charge in [-0.25, -0.2) is 9.80 Å². The number of nitrogens with zero attached hydrogens (tertiary/aromatic N) is 3.